The van der Waals surface area contributed by atoms with Crippen LogP contribution in [0.2, 0.25) is 0 Å². The molecule has 0 aliphatic carbocycles. The van der Waals surface area contributed by atoms with Gasteiger partial charge in [0.2, 0.25) is 0 Å². The first-order valence-electron chi connectivity index (χ1n) is 8.87. The van der Waals surface area contributed by atoms with Gasteiger partial charge in [0.05, 0.1) is 24.9 Å². The second-order valence-corrected chi connectivity index (χ2v) is 8.76. The second kappa shape index (κ2) is 10.3. The number of nitrogens with two attached hydrogens (primary N) is 1. The Kier molecular flexibility index (Phi) is 9.50. The summed E-state index contributed by atoms with van der Waals surface area (Å²) in [5, 5.41) is 10.2. The molecular formula is C16H33NO7P-. The van der Waals surface area contributed by atoms with E-state index >= 15 is 0 Å². The van der Waals surface area contributed by atoms with Crippen LogP contribution in [-0.4, -0.2) is 54.9 Å². The Morgan fingerprint density at radius 2 is 1.84 bits per heavy atom. The van der Waals surface area contributed by atoms with E-state index in [1.54, 1.807) is 6.92 Å². The lowest BCUT2D eigenvalue weighted by molar-refractivity contribution is -0.229. The van der Waals surface area contributed by atoms with Gasteiger partial charge in [-0.15, -0.1) is 0 Å². The number of phosphoric acid groups is 1. The van der Waals surface area contributed by atoms with Crippen LogP contribution in [0.3, 0.4) is 0 Å². The molecular weight excluding hydrogens is 349 g/mol. The first-order valence-corrected chi connectivity index (χ1v) is 10.3. The molecule has 9 heteroatoms. The van der Waals surface area contributed by atoms with Gasteiger partial charge in [-0.3, -0.25) is 4.57 Å². The number of rotatable bonds is 11. The molecule has 0 aromatic rings. The van der Waals surface area contributed by atoms with Gasteiger partial charge in [-0.05, 0) is 47.1 Å². The van der Waals surface area contributed by atoms with Gasteiger partial charge in [0.25, 0.3) is 7.82 Å². The molecule has 150 valence electrons. The smallest absolute Gasteiger partial charge is 0.267 e. The Balaban J connectivity index is 2.41. The van der Waals surface area contributed by atoms with Gasteiger partial charge in [-0.2, -0.15) is 0 Å². The normalized spacial score (nSPS) is 29.7. The molecule has 0 aromatic carbocycles. The van der Waals surface area contributed by atoms with Crippen LogP contribution >= 0.6 is 7.82 Å². The Bertz CT molecular complexity index is 429. The molecule has 1 heterocycles. The lowest BCUT2D eigenvalue weighted by atomic mass is 10.1. The van der Waals surface area contributed by atoms with E-state index in [2.05, 4.69) is 0 Å². The van der Waals surface area contributed by atoms with Crippen molar-refractivity contribution in [3.63, 3.8) is 0 Å². The van der Waals surface area contributed by atoms with Crippen molar-refractivity contribution in [3.8, 4) is 0 Å². The van der Waals surface area contributed by atoms with E-state index in [9.17, 15) is 14.6 Å². The highest BCUT2D eigenvalue weighted by Crippen LogP contribution is 2.40. The second-order valence-electron chi connectivity index (χ2n) is 7.34. The van der Waals surface area contributed by atoms with E-state index in [0.29, 0.717) is 13.0 Å². The first-order chi connectivity index (χ1) is 11.6. The Labute approximate surface area is 150 Å². The van der Waals surface area contributed by atoms with Crippen LogP contribution in [0.25, 0.3) is 0 Å². The Morgan fingerprint density at radius 1 is 1.20 bits per heavy atom. The number of hydrogen-bond acceptors (Lipinski definition) is 8. The lowest BCUT2D eigenvalue weighted by Gasteiger charge is -2.30. The molecule has 0 bridgehead atoms. The fourth-order valence-electron chi connectivity index (χ4n) is 2.59. The van der Waals surface area contributed by atoms with E-state index in [-0.39, 0.29) is 13.2 Å². The summed E-state index contributed by atoms with van der Waals surface area (Å²) in [4.78, 5) is 11.8. The molecule has 25 heavy (non-hydrogen) atoms. The van der Waals surface area contributed by atoms with E-state index in [0.717, 1.165) is 19.3 Å². The molecule has 1 fully saturated rings. The van der Waals surface area contributed by atoms with Gasteiger partial charge in [0.1, 0.15) is 18.3 Å². The van der Waals surface area contributed by atoms with E-state index in [1.807, 2.05) is 20.8 Å². The number of phosphoric ester groups is 1. The van der Waals surface area contributed by atoms with E-state index < -0.39 is 37.8 Å². The zero-order valence-electron chi connectivity index (χ0n) is 15.7. The average Bonchev–Trinajstić information content (AvgIpc) is 2.75. The van der Waals surface area contributed by atoms with Crippen LogP contribution in [0.1, 0.15) is 53.4 Å². The van der Waals surface area contributed by atoms with Crippen LogP contribution in [0.4, 0.5) is 0 Å². The SMILES string of the molecule is C[C@@H]1O[C@H](COP(=O)([O-])OCCCCCCN)C(OC(C)(C)C)[C@@H]1O. The van der Waals surface area contributed by atoms with Crippen molar-refractivity contribution in [2.24, 2.45) is 5.73 Å². The molecule has 1 rings (SSSR count). The summed E-state index contributed by atoms with van der Waals surface area (Å²) in [5.41, 5.74) is 4.89. The third-order valence-electron chi connectivity index (χ3n) is 3.81. The molecule has 3 N–H and O–H groups in total. The maximum Gasteiger partial charge on any atom is 0.267 e. The van der Waals surface area contributed by atoms with Gasteiger partial charge < -0.3 is 34.3 Å². The predicted octanol–water partition coefficient (Wildman–Crippen LogP) is 1.34. The molecule has 1 aliphatic heterocycles. The molecule has 0 saturated carbocycles. The third kappa shape index (κ3) is 8.93. The van der Waals surface area contributed by atoms with Crippen LogP contribution in [0, 0.1) is 0 Å². The van der Waals surface area contributed by atoms with Crippen molar-refractivity contribution in [3.05, 3.63) is 0 Å². The highest BCUT2D eigenvalue weighted by molar-refractivity contribution is 7.45. The molecule has 8 nitrogen and oxygen atoms in total. The van der Waals surface area contributed by atoms with Crippen LogP contribution < -0.4 is 10.6 Å². The molecule has 1 saturated heterocycles. The van der Waals surface area contributed by atoms with Gasteiger partial charge in [0.15, 0.2) is 0 Å². The number of ether oxygens (including phenoxy) is 2. The van der Waals surface area contributed by atoms with E-state index in [4.69, 9.17) is 24.3 Å². The molecule has 1 aliphatic rings. The highest BCUT2D eigenvalue weighted by atomic mass is 31.2. The number of unbranched alkanes of at least 4 members (excludes halogenated alkanes) is 3. The summed E-state index contributed by atoms with van der Waals surface area (Å²) in [6.45, 7) is 7.73. The zero-order chi connectivity index (χ0) is 19.1. The number of aliphatic hydroxyl groups excluding tert-OH is 1. The van der Waals surface area contributed by atoms with Crippen molar-refractivity contribution >= 4 is 7.82 Å². The summed E-state index contributed by atoms with van der Waals surface area (Å²) < 4.78 is 33.0. The lowest BCUT2D eigenvalue weighted by Crippen LogP contribution is -2.42. The Hall–Kier alpha value is -0.0500. The summed E-state index contributed by atoms with van der Waals surface area (Å²) in [7, 11) is -4.41. The monoisotopic (exact) mass is 382 g/mol. The number of aliphatic hydroxyl groups is 1. The topological polar surface area (TPSA) is 123 Å². The average molecular weight is 382 g/mol. The standard InChI is InChI=1S/C16H34NO7P/c1-12-14(18)15(24-16(2,3)4)13(23-12)11-22-25(19,20)21-10-8-6-5-7-9-17/h12-15,18H,5-11,17H2,1-4H3,(H,19,20)/p-1/t12-,13+,14+,15?/m0/s1. The van der Waals surface area contributed by atoms with Crippen molar-refractivity contribution < 1.29 is 33.1 Å². The minimum Gasteiger partial charge on any atom is -0.756 e. The maximum absolute atomic E-state index is 11.8. The summed E-state index contributed by atoms with van der Waals surface area (Å²) >= 11 is 0. The highest BCUT2D eigenvalue weighted by Gasteiger charge is 2.44. The molecule has 0 spiro atoms. The molecule has 0 amide bonds. The minimum atomic E-state index is -4.41. The fraction of sp³-hybridized carbons (Fsp3) is 1.00. The van der Waals surface area contributed by atoms with Crippen LogP contribution in [0.5, 0.6) is 0 Å². The molecule has 2 unspecified atom stereocenters. The van der Waals surface area contributed by atoms with Gasteiger partial charge >= 0.3 is 0 Å². The third-order valence-corrected chi connectivity index (χ3v) is 4.77. The minimum absolute atomic E-state index is 0.0812. The zero-order valence-corrected chi connectivity index (χ0v) is 16.6. The summed E-state index contributed by atoms with van der Waals surface area (Å²) in [5.74, 6) is 0. The van der Waals surface area contributed by atoms with Crippen LogP contribution in [0.15, 0.2) is 0 Å². The number of hydrogen-bond donors (Lipinski definition) is 2. The van der Waals surface area contributed by atoms with Gasteiger partial charge in [-0.1, -0.05) is 12.8 Å². The fourth-order valence-corrected chi connectivity index (χ4v) is 3.34. The van der Waals surface area contributed by atoms with E-state index in [1.165, 1.54) is 0 Å². The first kappa shape index (κ1) is 23.0. The van der Waals surface area contributed by atoms with Crippen molar-refractivity contribution in [1.82, 2.24) is 0 Å². The van der Waals surface area contributed by atoms with Crippen molar-refractivity contribution in [2.75, 3.05) is 19.8 Å². The van der Waals surface area contributed by atoms with Gasteiger partial charge in [0, 0.05) is 0 Å². The largest absolute Gasteiger partial charge is 0.756 e. The quantitative estimate of drug-likeness (QED) is 0.405. The summed E-state index contributed by atoms with van der Waals surface area (Å²) in [6, 6.07) is 0. The van der Waals surface area contributed by atoms with Crippen molar-refractivity contribution in [1.29, 1.82) is 0 Å². The van der Waals surface area contributed by atoms with Gasteiger partial charge in [-0.25, -0.2) is 0 Å². The Morgan fingerprint density at radius 3 is 2.44 bits per heavy atom. The van der Waals surface area contributed by atoms with Crippen LogP contribution in [-0.2, 0) is 23.1 Å². The molecule has 0 radical (unpaired) electrons. The molecule has 0 aromatic heterocycles. The molecule has 5 atom stereocenters. The van der Waals surface area contributed by atoms with Crippen molar-refractivity contribution in [2.45, 2.75) is 83.4 Å². The predicted molar refractivity (Wildman–Crippen MR) is 92.0 cm³/mol. The summed E-state index contributed by atoms with van der Waals surface area (Å²) in [6.07, 6.45) is 0.695. The maximum atomic E-state index is 11.8.